The quantitative estimate of drug-likeness (QED) is 0.477. The van der Waals surface area contributed by atoms with Gasteiger partial charge in [-0.3, -0.25) is 0 Å². The molecule has 0 aliphatic heterocycles. The topological polar surface area (TPSA) is 121 Å². The number of unbranched alkanes of at least 4 members (excludes halogenated alkanes) is 1. The largest absolute Gasteiger partial charge is 0.480 e. The van der Waals surface area contributed by atoms with Gasteiger partial charge in [0.15, 0.2) is 0 Å². The Labute approximate surface area is 182 Å². The number of hydrogen-bond acceptors (Lipinski definition) is 6. The molecule has 0 saturated heterocycles. The first-order valence-electron chi connectivity index (χ1n) is 10.0. The molecule has 1 aromatic rings. The second-order valence-corrected chi connectivity index (χ2v) is 9.34. The highest BCUT2D eigenvalue weighted by Gasteiger charge is 2.22. The van der Waals surface area contributed by atoms with Crippen LogP contribution in [-0.4, -0.2) is 58.3 Å². The Bertz CT molecular complexity index is 714. The Hall–Kier alpha value is -2.36. The minimum absolute atomic E-state index is 0.263. The number of ether oxygens (including phenoxy) is 1. The van der Waals surface area contributed by atoms with E-state index in [0.29, 0.717) is 31.8 Å². The highest BCUT2D eigenvalue weighted by molar-refractivity contribution is 7.09. The zero-order chi connectivity index (χ0) is 22.9. The van der Waals surface area contributed by atoms with Gasteiger partial charge in [-0.1, -0.05) is 13.8 Å². The molecule has 170 valence electrons. The van der Waals surface area contributed by atoms with Crippen LogP contribution in [-0.2, 0) is 16.1 Å². The van der Waals surface area contributed by atoms with Crippen LogP contribution in [0.4, 0.5) is 9.59 Å². The minimum Gasteiger partial charge on any atom is -0.480 e. The Balaban J connectivity index is 2.40. The van der Waals surface area contributed by atoms with E-state index in [9.17, 15) is 19.5 Å². The number of nitrogens with zero attached hydrogens (tertiary/aromatic N) is 2. The molecule has 9 nitrogen and oxygen atoms in total. The smallest absolute Gasteiger partial charge is 0.407 e. The van der Waals surface area contributed by atoms with Crippen LogP contribution in [0.1, 0.15) is 70.5 Å². The molecule has 0 fully saturated rings. The summed E-state index contributed by atoms with van der Waals surface area (Å²) in [6, 6.07) is -1.46. The van der Waals surface area contributed by atoms with Crippen molar-refractivity contribution in [3.63, 3.8) is 0 Å². The van der Waals surface area contributed by atoms with Crippen LogP contribution in [0, 0.1) is 0 Å². The maximum Gasteiger partial charge on any atom is 0.407 e. The maximum atomic E-state index is 12.4. The Morgan fingerprint density at radius 2 is 1.93 bits per heavy atom. The van der Waals surface area contributed by atoms with Crippen LogP contribution >= 0.6 is 11.3 Å². The molecule has 0 aliphatic rings. The van der Waals surface area contributed by atoms with Gasteiger partial charge in [-0.2, -0.15) is 0 Å². The van der Waals surface area contributed by atoms with Gasteiger partial charge in [0.1, 0.15) is 11.6 Å². The van der Waals surface area contributed by atoms with E-state index in [0.717, 1.165) is 10.7 Å². The molecule has 1 heterocycles. The molecular weight excluding hydrogens is 408 g/mol. The highest BCUT2D eigenvalue weighted by atomic mass is 32.1. The van der Waals surface area contributed by atoms with E-state index in [1.807, 2.05) is 5.38 Å². The van der Waals surface area contributed by atoms with Crippen molar-refractivity contribution < 1.29 is 24.2 Å². The lowest BCUT2D eigenvalue weighted by atomic mass is 10.1. The van der Waals surface area contributed by atoms with Gasteiger partial charge in [0.05, 0.1) is 17.2 Å². The molecule has 3 N–H and O–H groups in total. The van der Waals surface area contributed by atoms with Crippen molar-refractivity contribution in [3.05, 3.63) is 16.1 Å². The van der Waals surface area contributed by atoms with Crippen molar-refractivity contribution >= 4 is 29.4 Å². The molecule has 0 radical (unpaired) electrons. The summed E-state index contributed by atoms with van der Waals surface area (Å²) in [4.78, 5) is 41.3. The van der Waals surface area contributed by atoms with Crippen LogP contribution in [0.25, 0.3) is 0 Å². The van der Waals surface area contributed by atoms with Gasteiger partial charge in [-0.15, -0.1) is 11.3 Å². The molecule has 30 heavy (non-hydrogen) atoms. The van der Waals surface area contributed by atoms with E-state index in [-0.39, 0.29) is 6.42 Å². The standard InChI is InChI=1S/C20H34N4O5S/c1-13(2)16-22-14(12-30-16)11-24(6)18(27)23-15(17(25)26)9-7-8-10-21-19(28)29-20(3,4)5/h12-13,15H,7-11H2,1-6H3,(H,21,28)(H,23,27)(H,25,26)/t15-/m0/s1. The number of carbonyl (C=O) groups is 3. The maximum absolute atomic E-state index is 12.4. The van der Waals surface area contributed by atoms with Crippen LogP contribution in [0.15, 0.2) is 5.38 Å². The lowest BCUT2D eigenvalue weighted by Crippen LogP contribution is -2.46. The van der Waals surface area contributed by atoms with Crippen molar-refractivity contribution in [1.29, 1.82) is 0 Å². The zero-order valence-electron chi connectivity index (χ0n) is 18.7. The first kappa shape index (κ1) is 25.7. The number of rotatable bonds is 10. The Morgan fingerprint density at radius 3 is 2.47 bits per heavy atom. The van der Waals surface area contributed by atoms with Crippen LogP contribution in [0.5, 0.6) is 0 Å². The molecule has 1 rings (SSSR count). The van der Waals surface area contributed by atoms with Crippen LogP contribution < -0.4 is 10.6 Å². The fourth-order valence-electron chi connectivity index (χ4n) is 2.47. The first-order valence-corrected chi connectivity index (χ1v) is 10.9. The molecule has 0 bridgehead atoms. The number of alkyl carbamates (subject to hydrolysis) is 1. The molecule has 0 aromatic carbocycles. The van der Waals surface area contributed by atoms with Crippen LogP contribution in [0.2, 0.25) is 0 Å². The monoisotopic (exact) mass is 442 g/mol. The first-order chi connectivity index (χ1) is 13.9. The normalized spacial score (nSPS) is 12.4. The summed E-state index contributed by atoms with van der Waals surface area (Å²) in [5.41, 5.74) is 0.213. The Morgan fingerprint density at radius 1 is 1.27 bits per heavy atom. The van der Waals surface area contributed by atoms with E-state index < -0.39 is 29.7 Å². The number of hydrogen-bond donors (Lipinski definition) is 3. The van der Waals surface area contributed by atoms with Gasteiger partial charge in [0.25, 0.3) is 0 Å². The number of thiazole rings is 1. The average Bonchev–Trinajstić information content (AvgIpc) is 3.07. The predicted octanol–water partition coefficient (Wildman–Crippen LogP) is 3.56. The summed E-state index contributed by atoms with van der Waals surface area (Å²) in [6.07, 6.45) is 0.862. The van der Waals surface area contributed by atoms with Gasteiger partial charge in [-0.25, -0.2) is 19.4 Å². The third kappa shape index (κ3) is 9.91. The van der Waals surface area contributed by atoms with Gasteiger partial charge in [0, 0.05) is 24.9 Å². The third-order valence-electron chi connectivity index (χ3n) is 3.99. The van der Waals surface area contributed by atoms with E-state index in [4.69, 9.17) is 4.74 Å². The fraction of sp³-hybridized carbons (Fsp3) is 0.700. The fourth-order valence-corrected chi connectivity index (χ4v) is 3.30. The summed E-state index contributed by atoms with van der Waals surface area (Å²) in [7, 11) is 1.60. The number of aromatic nitrogens is 1. The van der Waals surface area contributed by atoms with Crippen molar-refractivity contribution in [3.8, 4) is 0 Å². The minimum atomic E-state index is -1.09. The molecule has 0 unspecified atom stereocenters. The number of urea groups is 1. The van der Waals surface area contributed by atoms with Gasteiger partial charge >= 0.3 is 18.1 Å². The summed E-state index contributed by atoms with van der Waals surface area (Å²) in [5, 5.41) is 17.5. The molecule has 3 amide bonds. The summed E-state index contributed by atoms with van der Waals surface area (Å²) < 4.78 is 5.13. The molecule has 0 aliphatic carbocycles. The number of aliphatic carboxylic acids is 1. The Kier molecular flexibility index (Phi) is 10.0. The van der Waals surface area contributed by atoms with Crippen molar-refractivity contribution in [2.75, 3.05) is 13.6 Å². The van der Waals surface area contributed by atoms with E-state index in [2.05, 4.69) is 29.5 Å². The zero-order valence-corrected chi connectivity index (χ0v) is 19.5. The molecular formula is C20H34N4O5S. The van der Waals surface area contributed by atoms with E-state index in [1.54, 1.807) is 39.2 Å². The third-order valence-corrected chi connectivity index (χ3v) is 5.19. The second-order valence-electron chi connectivity index (χ2n) is 8.45. The van der Waals surface area contributed by atoms with Gasteiger partial charge in [0.2, 0.25) is 0 Å². The van der Waals surface area contributed by atoms with E-state index >= 15 is 0 Å². The number of nitrogens with one attached hydrogen (secondary N) is 2. The number of carboxylic acids is 1. The van der Waals surface area contributed by atoms with Gasteiger partial charge in [-0.05, 0) is 40.0 Å². The molecule has 1 aromatic heterocycles. The van der Waals surface area contributed by atoms with Crippen LogP contribution in [0.3, 0.4) is 0 Å². The number of carboxylic acid groups (broad SMARTS) is 1. The molecule has 0 spiro atoms. The highest BCUT2D eigenvalue weighted by Crippen LogP contribution is 2.19. The number of carbonyl (C=O) groups excluding carboxylic acids is 2. The summed E-state index contributed by atoms with van der Waals surface area (Å²) >= 11 is 1.55. The van der Waals surface area contributed by atoms with Crippen molar-refractivity contribution in [2.45, 2.75) is 78.0 Å². The molecule has 0 saturated carbocycles. The number of amides is 3. The predicted molar refractivity (Wildman–Crippen MR) is 116 cm³/mol. The van der Waals surface area contributed by atoms with Gasteiger partial charge < -0.3 is 25.4 Å². The SMILES string of the molecule is CC(C)c1nc(CN(C)C(=O)N[C@@H](CCCCNC(=O)OC(C)(C)C)C(=O)O)cs1. The summed E-state index contributed by atoms with van der Waals surface area (Å²) in [6.45, 7) is 10.1. The average molecular weight is 443 g/mol. The summed E-state index contributed by atoms with van der Waals surface area (Å²) in [5.74, 6) is -0.767. The lowest BCUT2D eigenvalue weighted by molar-refractivity contribution is -0.139. The van der Waals surface area contributed by atoms with E-state index in [1.165, 1.54) is 4.90 Å². The van der Waals surface area contributed by atoms with Crippen molar-refractivity contribution in [2.24, 2.45) is 0 Å². The van der Waals surface area contributed by atoms with Crippen molar-refractivity contribution in [1.82, 2.24) is 20.5 Å². The molecule has 10 heteroatoms. The molecule has 1 atom stereocenters. The lowest BCUT2D eigenvalue weighted by Gasteiger charge is -2.21. The second kappa shape index (κ2) is 11.7.